The third kappa shape index (κ3) is 3.68. The molecular formula is C19H19N3O3. The maximum absolute atomic E-state index is 12.4. The minimum absolute atomic E-state index is 0.167. The third-order valence-corrected chi connectivity index (χ3v) is 3.88. The normalized spacial score (nSPS) is 10.7. The van der Waals surface area contributed by atoms with Gasteiger partial charge in [0.2, 0.25) is 5.91 Å². The highest BCUT2D eigenvalue weighted by Crippen LogP contribution is 2.22. The van der Waals surface area contributed by atoms with Crippen molar-refractivity contribution >= 4 is 11.6 Å². The molecule has 0 bridgehead atoms. The molecule has 0 saturated heterocycles. The van der Waals surface area contributed by atoms with Crippen molar-refractivity contribution < 1.29 is 9.21 Å². The van der Waals surface area contributed by atoms with Gasteiger partial charge in [-0.15, -0.1) is 0 Å². The summed E-state index contributed by atoms with van der Waals surface area (Å²) in [5.41, 5.74) is 4.02. The molecule has 0 saturated carbocycles. The number of hydrogen-bond acceptors (Lipinski definition) is 4. The Hall–Kier alpha value is -3.15. The van der Waals surface area contributed by atoms with Gasteiger partial charge in [-0.05, 0) is 50.1 Å². The van der Waals surface area contributed by atoms with Gasteiger partial charge in [-0.1, -0.05) is 17.7 Å². The first kappa shape index (κ1) is 16.7. The molecule has 0 spiro atoms. The van der Waals surface area contributed by atoms with E-state index < -0.39 is 0 Å². The number of carbonyl (C=O) groups is 1. The van der Waals surface area contributed by atoms with Crippen LogP contribution in [0.2, 0.25) is 0 Å². The first-order chi connectivity index (χ1) is 11.9. The molecule has 6 nitrogen and oxygen atoms in total. The molecule has 3 aromatic rings. The molecule has 0 aliphatic heterocycles. The highest BCUT2D eigenvalue weighted by molar-refractivity contribution is 5.92. The Kier molecular flexibility index (Phi) is 4.52. The van der Waals surface area contributed by atoms with Gasteiger partial charge in [-0.25, -0.2) is 4.68 Å². The minimum atomic E-state index is -0.345. The van der Waals surface area contributed by atoms with Gasteiger partial charge in [0.1, 0.15) is 12.2 Å². The van der Waals surface area contributed by atoms with Gasteiger partial charge in [-0.3, -0.25) is 9.59 Å². The fourth-order valence-electron chi connectivity index (χ4n) is 2.81. The van der Waals surface area contributed by atoms with Crippen LogP contribution in [0.4, 0.5) is 5.69 Å². The summed E-state index contributed by atoms with van der Waals surface area (Å²) in [7, 11) is 0. The number of benzene rings is 1. The third-order valence-electron chi connectivity index (χ3n) is 3.88. The number of rotatable bonds is 4. The molecule has 6 heteroatoms. The molecule has 0 atom stereocenters. The summed E-state index contributed by atoms with van der Waals surface area (Å²) in [5.74, 6) is 0.237. The predicted octanol–water partition coefficient (Wildman–Crippen LogP) is 3.07. The highest BCUT2D eigenvalue weighted by Gasteiger charge is 2.12. The van der Waals surface area contributed by atoms with Gasteiger partial charge in [0, 0.05) is 11.8 Å². The quantitative estimate of drug-likeness (QED) is 0.794. The number of amides is 1. The molecule has 1 amide bonds. The lowest BCUT2D eigenvalue weighted by Gasteiger charge is -2.13. The van der Waals surface area contributed by atoms with Crippen LogP contribution >= 0.6 is 0 Å². The van der Waals surface area contributed by atoms with E-state index in [1.165, 1.54) is 12.3 Å². The van der Waals surface area contributed by atoms with E-state index in [9.17, 15) is 9.59 Å². The SMILES string of the molecule is Cc1cc(C)c(NC(=O)Cn2nc(-c3ccco3)ccc2=O)c(C)c1. The zero-order valence-electron chi connectivity index (χ0n) is 14.4. The van der Waals surface area contributed by atoms with Crippen LogP contribution in [0.15, 0.2) is 51.9 Å². The molecule has 3 rings (SSSR count). The number of anilines is 1. The van der Waals surface area contributed by atoms with Crippen molar-refractivity contribution in [3.05, 3.63) is 69.7 Å². The van der Waals surface area contributed by atoms with Gasteiger partial charge in [0.15, 0.2) is 5.76 Å². The Morgan fingerprint density at radius 3 is 2.52 bits per heavy atom. The molecule has 1 N–H and O–H groups in total. The fraction of sp³-hybridized carbons (Fsp3) is 0.211. The standard InChI is InChI=1S/C19H19N3O3/c1-12-9-13(2)19(14(3)10-12)20-17(23)11-22-18(24)7-6-15(21-22)16-5-4-8-25-16/h4-10H,11H2,1-3H3,(H,20,23). The molecule has 0 unspecified atom stereocenters. The predicted molar refractivity (Wildman–Crippen MR) is 95.5 cm³/mol. The molecular weight excluding hydrogens is 318 g/mol. The zero-order chi connectivity index (χ0) is 18.0. The van der Waals surface area contributed by atoms with E-state index in [2.05, 4.69) is 10.4 Å². The molecule has 0 aliphatic carbocycles. The molecule has 128 valence electrons. The van der Waals surface area contributed by atoms with Crippen molar-refractivity contribution in [1.82, 2.24) is 9.78 Å². The number of carbonyl (C=O) groups excluding carboxylic acids is 1. The summed E-state index contributed by atoms with van der Waals surface area (Å²) in [5, 5.41) is 7.08. The Balaban J connectivity index is 1.82. The van der Waals surface area contributed by atoms with Crippen molar-refractivity contribution in [3.8, 4) is 11.5 Å². The molecule has 2 heterocycles. The van der Waals surface area contributed by atoms with Crippen molar-refractivity contribution in [3.63, 3.8) is 0 Å². The van der Waals surface area contributed by atoms with Crippen LogP contribution in [-0.2, 0) is 11.3 Å². The summed E-state index contributed by atoms with van der Waals surface area (Å²) in [6.45, 7) is 5.73. The summed E-state index contributed by atoms with van der Waals surface area (Å²) in [6.07, 6.45) is 1.53. The van der Waals surface area contributed by atoms with Gasteiger partial charge >= 0.3 is 0 Å². The van der Waals surface area contributed by atoms with Crippen molar-refractivity contribution in [2.45, 2.75) is 27.3 Å². The van der Waals surface area contributed by atoms with Crippen LogP contribution in [0.5, 0.6) is 0 Å². The van der Waals surface area contributed by atoms with Crippen molar-refractivity contribution in [2.75, 3.05) is 5.32 Å². The largest absolute Gasteiger partial charge is 0.463 e. The first-order valence-electron chi connectivity index (χ1n) is 7.94. The van der Waals surface area contributed by atoms with Crippen LogP contribution in [0, 0.1) is 20.8 Å². The molecule has 25 heavy (non-hydrogen) atoms. The topological polar surface area (TPSA) is 77.1 Å². The van der Waals surface area contributed by atoms with E-state index in [4.69, 9.17) is 4.42 Å². The summed E-state index contributed by atoms with van der Waals surface area (Å²) in [4.78, 5) is 24.4. The van der Waals surface area contributed by atoms with E-state index in [-0.39, 0.29) is 18.0 Å². The number of aromatic nitrogens is 2. The summed E-state index contributed by atoms with van der Waals surface area (Å²) in [6, 6.07) is 10.4. The lowest BCUT2D eigenvalue weighted by molar-refractivity contribution is -0.117. The first-order valence-corrected chi connectivity index (χ1v) is 7.94. The molecule has 0 fully saturated rings. The lowest BCUT2D eigenvalue weighted by Crippen LogP contribution is -2.29. The van der Waals surface area contributed by atoms with E-state index in [1.54, 1.807) is 18.2 Å². The molecule has 2 aromatic heterocycles. The fourth-order valence-corrected chi connectivity index (χ4v) is 2.81. The van der Waals surface area contributed by atoms with Crippen molar-refractivity contribution in [2.24, 2.45) is 0 Å². The Morgan fingerprint density at radius 1 is 1.16 bits per heavy atom. The van der Waals surface area contributed by atoms with E-state index in [0.29, 0.717) is 11.5 Å². The number of aryl methyl sites for hydroxylation is 3. The van der Waals surface area contributed by atoms with Gasteiger partial charge < -0.3 is 9.73 Å². The lowest BCUT2D eigenvalue weighted by atomic mass is 10.1. The molecule has 0 radical (unpaired) electrons. The number of nitrogens with one attached hydrogen (secondary N) is 1. The molecule has 1 aromatic carbocycles. The van der Waals surface area contributed by atoms with Crippen LogP contribution in [0.25, 0.3) is 11.5 Å². The zero-order valence-corrected chi connectivity index (χ0v) is 14.4. The average Bonchev–Trinajstić information content (AvgIpc) is 3.07. The van der Waals surface area contributed by atoms with E-state index in [0.717, 1.165) is 27.1 Å². The van der Waals surface area contributed by atoms with E-state index in [1.807, 2.05) is 32.9 Å². The second-order valence-electron chi connectivity index (χ2n) is 6.01. The van der Waals surface area contributed by atoms with E-state index >= 15 is 0 Å². The monoisotopic (exact) mass is 337 g/mol. The Morgan fingerprint density at radius 2 is 1.88 bits per heavy atom. The molecule has 0 aliphatic rings. The number of hydrogen-bond donors (Lipinski definition) is 1. The second-order valence-corrected chi connectivity index (χ2v) is 6.01. The maximum atomic E-state index is 12.4. The maximum Gasteiger partial charge on any atom is 0.267 e. The average molecular weight is 337 g/mol. The summed E-state index contributed by atoms with van der Waals surface area (Å²) >= 11 is 0. The van der Waals surface area contributed by atoms with Crippen molar-refractivity contribution in [1.29, 1.82) is 0 Å². The Bertz CT molecular complexity index is 949. The second kappa shape index (κ2) is 6.76. The van der Waals surface area contributed by atoms with Crippen LogP contribution in [-0.4, -0.2) is 15.7 Å². The van der Waals surface area contributed by atoms with Gasteiger partial charge in [0.25, 0.3) is 5.56 Å². The minimum Gasteiger partial charge on any atom is -0.463 e. The van der Waals surface area contributed by atoms with Crippen LogP contribution in [0.1, 0.15) is 16.7 Å². The van der Waals surface area contributed by atoms with Crippen LogP contribution < -0.4 is 10.9 Å². The smallest absolute Gasteiger partial charge is 0.267 e. The Labute approximate surface area is 145 Å². The highest BCUT2D eigenvalue weighted by atomic mass is 16.3. The summed E-state index contributed by atoms with van der Waals surface area (Å²) < 4.78 is 6.41. The van der Waals surface area contributed by atoms with Crippen LogP contribution in [0.3, 0.4) is 0 Å². The van der Waals surface area contributed by atoms with Gasteiger partial charge in [0.05, 0.1) is 6.26 Å². The number of nitrogens with zero attached hydrogens (tertiary/aromatic N) is 2. The van der Waals surface area contributed by atoms with Gasteiger partial charge in [-0.2, -0.15) is 5.10 Å². The number of furan rings is 1.